The minimum absolute atomic E-state index is 0.146. The van der Waals surface area contributed by atoms with Crippen molar-refractivity contribution in [3.8, 4) is 0 Å². The average molecular weight is 598 g/mol. The highest BCUT2D eigenvalue weighted by Crippen LogP contribution is 2.59. The highest BCUT2D eigenvalue weighted by Gasteiger charge is 2.75. The molecule has 8 heteroatoms. The van der Waals surface area contributed by atoms with E-state index in [2.05, 4.69) is 0 Å². The first-order valence-corrected chi connectivity index (χ1v) is 15.9. The number of carbonyl (C=O) groups is 3. The second kappa shape index (κ2) is 12.0. The molecule has 0 aliphatic carbocycles. The van der Waals surface area contributed by atoms with Crippen LogP contribution in [0, 0.1) is 17.8 Å². The van der Waals surface area contributed by atoms with Crippen LogP contribution in [0.5, 0.6) is 0 Å². The molecule has 4 aliphatic heterocycles. The van der Waals surface area contributed by atoms with Crippen LogP contribution in [0.3, 0.4) is 0 Å². The molecule has 2 aromatic carbocycles. The number of hydrogen-bond acceptors (Lipinski definition) is 5. The van der Waals surface area contributed by atoms with E-state index in [1.807, 2.05) is 106 Å². The third-order valence-corrected chi connectivity index (χ3v) is 9.82. The van der Waals surface area contributed by atoms with Gasteiger partial charge in [0, 0.05) is 26.2 Å². The van der Waals surface area contributed by atoms with Gasteiger partial charge in [-0.25, -0.2) is 0 Å². The summed E-state index contributed by atoms with van der Waals surface area (Å²) in [5.41, 5.74) is -0.405. The molecular formula is C36H43N3O5. The Morgan fingerprint density at radius 3 is 1.93 bits per heavy atom. The standard InChI is InChI=1S/C36H43N3O5/c1-4-35-17-11-19-37(22-26-13-7-5-8-14-26)32(41)29(35)30-33(42)39(28(24-40)21-25(2)3)31-34(43)38(20-12-18-36(30,31)44-35)23-27-15-9-6-10-16-27/h5-18,25,28-31,40H,4,19-24H2,1-3H3/t28-,29+,30+,31?,35-,36+/m1/s1. The van der Waals surface area contributed by atoms with Crippen molar-refractivity contribution in [3.05, 3.63) is 96.1 Å². The Morgan fingerprint density at radius 2 is 1.39 bits per heavy atom. The third kappa shape index (κ3) is 4.98. The van der Waals surface area contributed by atoms with Crippen LogP contribution in [-0.4, -0.2) is 80.5 Å². The van der Waals surface area contributed by atoms with Gasteiger partial charge in [0.2, 0.25) is 17.7 Å². The molecule has 44 heavy (non-hydrogen) atoms. The number of likely N-dealkylation sites (tertiary alicyclic amines) is 1. The minimum Gasteiger partial charge on any atom is -0.394 e. The first-order chi connectivity index (χ1) is 21.2. The maximum atomic E-state index is 14.8. The lowest BCUT2D eigenvalue weighted by Crippen LogP contribution is -2.59. The van der Waals surface area contributed by atoms with Gasteiger partial charge in [0.05, 0.1) is 30.1 Å². The number of rotatable bonds is 9. The highest BCUT2D eigenvalue weighted by molar-refractivity contribution is 6.00. The molecule has 1 spiro atoms. The fourth-order valence-corrected chi connectivity index (χ4v) is 7.90. The molecule has 4 heterocycles. The van der Waals surface area contributed by atoms with E-state index in [1.54, 1.807) is 14.7 Å². The molecule has 8 nitrogen and oxygen atoms in total. The monoisotopic (exact) mass is 597 g/mol. The largest absolute Gasteiger partial charge is 0.394 e. The van der Waals surface area contributed by atoms with Crippen molar-refractivity contribution >= 4 is 17.7 Å². The Bertz CT molecular complexity index is 1440. The normalized spacial score (nSPS) is 30.3. The van der Waals surface area contributed by atoms with Crippen molar-refractivity contribution in [2.45, 2.75) is 70.0 Å². The van der Waals surface area contributed by atoms with E-state index in [0.717, 1.165) is 11.1 Å². The molecule has 2 fully saturated rings. The number of ether oxygens (including phenoxy) is 1. The van der Waals surface area contributed by atoms with Crippen LogP contribution in [0.1, 0.15) is 44.7 Å². The van der Waals surface area contributed by atoms with Gasteiger partial charge in [-0.05, 0) is 29.9 Å². The Kier molecular flexibility index (Phi) is 8.24. The summed E-state index contributed by atoms with van der Waals surface area (Å²) in [6.45, 7) is 7.32. The van der Waals surface area contributed by atoms with E-state index in [1.165, 1.54) is 0 Å². The lowest BCUT2D eigenvalue weighted by Gasteiger charge is -2.41. The van der Waals surface area contributed by atoms with Crippen LogP contribution in [0.25, 0.3) is 0 Å². The summed E-state index contributed by atoms with van der Waals surface area (Å²) in [6.07, 6.45) is 8.74. The molecule has 2 saturated heterocycles. The van der Waals surface area contributed by atoms with Crippen molar-refractivity contribution < 1.29 is 24.2 Å². The molecular weight excluding hydrogens is 554 g/mol. The number of nitrogens with zero attached hydrogens (tertiary/aromatic N) is 3. The first-order valence-electron chi connectivity index (χ1n) is 15.9. The number of amides is 3. The van der Waals surface area contributed by atoms with Crippen molar-refractivity contribution in [3.63, 3.8) is 0 Å². The molecule has 0 bridgehead atoms. The molecule has 6 atom stereocenters. The number of hydrogen-bond donors (Lipinski definition) is 1. The zero-order valence-corrected chi connectivity index (χ0v) is 25.8. The number of carbonyl (C=O) groups excluding carboxylic acids is 3. The van der Waals surface area contributed by atoms with Gasteiger partial charge in [0.25, 0.3) is 0 Å². The first kappa shape index (κ1) is 30.3. The predicted molar refractivity (Wildman–Crippen MR) is 167 cm³/mol. The zero-order chi connectivity index (χ0) is 31.1. The topological polar surface area (TPSA) is 90.4 Å². The van der Waals surface area contributed by atoms with E-state index in [-0.39, 0.29) is 30.2 Å². The maximum Gasteiger partial charge on any atom is 0.249 e. The van der Waals surface area contributed by atoms with E-state index < -0.39 is 35.1 Å². The third-order valence-electron chi connectivity index (χ3n) is 9.82. The molecule has 1 unspecified atom stereocenters. The number of aliphatic hydroxyl groups excluding tert-OH is 1. The molecule has 0 saturated carbocycles. The van der Waals surface area contributed by atoms with E-state index in [9.17, 15) is 19.5 Å². The van der Waals surface area contributed by atoms with Gasteiger partial charge in [-0.15, -0.1) is 0 Å². The predicted octanol–water partition coefficient (Wildman–Crippen LogP) is 3.95. The summed E-state index contributed by atoms with van der Waals surface area (Å²) >= 11 is 0. The van der Waals surface area contributed by atoms with Gasteiger partial charge >= 0.3 is 0 Å². The fourth-order valence-electron chi connectivity index (χ4n) is 7.90. The number of aliphatic hydroxyl groups is 1. The smallest absolute Gasteiger partial charge is 0.249 e. The summed E-state index contributed by atoms with van der Waals surface area (Å²) in [5, 5.41) is 10.6. The lowest BCUT2D eigenvalue weighted by molar-refractivity contribution is -0.158. The van der Waals surface area contributed by atoms with Crippen LogP contribution in [0.15, 0.2) is 85.0 Å². The van der Waals surface area contributed by atoms with Crippen molar-refractivity contribution in [1.29, 1.82) is 0 Å². The van der Waals surface area contributed by atoms with Gasteiger partial charge in [0.15, 0.2) is 0 Å². The van der Waals surface area contributed by atoms with E-state index in [4.69, 9.17) is 4.74 Å². The van der Waals surface area contributed by atoms with Gasteiger partial charge < -0.3 is 24.5 Å². The van der Waals surface area contributed by atoms with Gasteiger partial charge in [-0.3, -0.25) is 14.4 Å². The maximum absolute atomic E-state index is 14.8. The zero-order valence-electron chi connectivity index (χ0n) is 25.8. The van der Waals surface area contributed by atoms with E-state index in [0.29, 0.717) is 39.0 Å². The second-order valence-corrected chi connectivity index (χ2v) is 13.0. The van der Waals surface area contributed by atoms with Crippen molar-refractivity contribution in [1.82, 2.24) is 14.7 Å². The summed E-state index contributed by atoms with van der Waals surface area (Å²) < 4.78 is 7.10. The highest BCUT2D eigenvalue weighted by atomic mass is 16.5. The Labute approximate surface area is 260 Å². The summed E-state index contributed by atoms with van der Waals surface area (Å²) in [4.78, 5) is 49.3. The van der Waals surface area contributed by atoms with Crippen LogP contribution in [0.2, 0.25) is 0 Å². The Morgan fingerprint density at radius 1 is 0.818 bits per heavy atom. The molecule has 232 valence electrons. The SMILES string of the molecule is CC[C@@]12C=CCN(Cc3ccccc3)C(=O)[C@@H]1[C@H]1C(=O)N([C@@H](CO)CC(C)C)C3C(=O)N(Cc4ccccc4)CC=C[C@@]31O2. The Hall–Kier alpha value is -3.75. The molecule has 2 aromatic rings. The van der Waals surface area contributed by atoms with Crippen LogP contribution < -0.4 is 0 Å². The fraction of sp³-hybridized carbons (Fsp3) is 0.472. The molecule has 1 N–H and O–H groups in total. The molecule has 0 radical (unpaired) electrons. The average Bonchev–Trinajstić information content (AvgIpc) is 3.33. The molecule has 6 rings (SSSR count). The second-order valence-electron chi connectivity index (χ2n) is 13.0. The molecule has 3 amide bonds. The summed E-state index contributed by atoms with van der Waals surface area (Å²) in [5.74, 6) is -2.21. The van der Waals surface area contributed by atoms with Crippen LogP contribution in [-0.2, 0) is 32.2 Å². The number of benzene rings is 2. The molecule has 0 aromatic heterocycles. The van der Waals surface area contributed by atoms with Gasteiger partial charge in [-0.2, -0.15) is 0 Å². The van der Waals surface area contributed by atoms with Crippen LogP contribution >= 0.6 is 0 Å². The molecule has 4 aliphatic rings. The van der Waals surface area contributed by atoms with Crippen molar-refractivity contribution in [2.75, 3.05) is 19.7 Å². The van der Waals surface area contributed by atoms with Crippen molar-refractivity contribution in [2.24, 2.45) is 17.8 Å². The van der Waals surface area contributed by atoms with Crippen LogP contribution in [0.4, 0.5) is 0 Å². The Balaban J connectivity index is 1.45. The van der Waals surface area contributed by atoms with E-state index >= 15 is 0 Å². The lowest BCUT2D eigenvalue weighted by atomic mass is 9.73. The quantitative estimate of drug-likeness (QED) is 0.442. The van der Waals surface area contributed by atoms with Gasteiger partial charge in [-0.1, -0.05) is 106 Å². The summed E-state index contributed by atoms with van der Waals surface area (Å²) in [7, 11) is 0. The summed E-state index contributed by atoms with van der Waals surface area (Å²) in [6, 6.07) is 18.0. The van der Waals surface area contributed by atoms with Gasteiger partial charge in [0.1, 0.15) is 11.6 Å². The minimum atomic E-state index is -1.35. The number of fused-ring (bicyclic) bond motifs is 2.